The van der Waals surface area contributed by atoms with Crippen molar-refractivity contribution in [1.29, 1.82) is 0 Å². The number of hydrogen-bond acceptors (Lipinski definition) is 5. The summed E-state index contributed by atoms with van der Waals surface area (Å²) < 4.78 is 6.67. The quantitative estimate of drug-likeness (QED) is 0.574. The van der Waals surface area contributed by atoms with Gasteiger partial charge >= 0.3 is 5.88 Å². The number of aromatic nitrogens is 2. The van der Waals surface area contributed by atoms with E-state index >= 15 is 0 Å². The summed E-state index contributed by atoms with van der Waals surface area (Å²) in [5, 5.41) is 11.1. The molecule has 0 unspecified atom stereocenters. The van der Waals surface area contributed by atoms with Crippen LogP contribution in [-0.4, -0.2) is 14.3 Å². The van der Waals surface area contributed by atoms with Crippen LogP contribution in [0.25, 0.3) is 17.1 Å². The molecule has 3 heterocycles. The maximum atomic E-state index is 10.6. The average molecular weight is 279 g/mol. The predicted molar refractivity (Wildman–Crippen MR) is 69.0 cm³/mol. The van der Waals surface area contributed by atoms with Gasteiger partial charge in [0.05, 0.1) is 11.1 Å². The number of anilines is 1. The van der Waals surface area contributed by atoms with Gasteiger partial charge in [0.15, 0.2) is 5.76 Å². The van der Waals surface area contributed by atoms with Gasteiger partial charge in [0, 0.05) is 6.20 Å². The Bertz CT molecular complexity index is 792. The Morgan fingerprint density at radius 2 is 2.16 bits per heavy atom. The summed E-state index contributed by atoms with van der Waals surface area (Å²) in [6.07, 6.45) is 1.61. The summed E-state index contributed by atoms with van der Waals surface area (Å²) in [5.41, 5.74) is 6.86. The van der Waals surface area contributed by atoms with Crippen LogP contribution in [0.2, 0.25) is 5.02 Å². The minimum Gasteiger partial charge on any atom is -0.399 e. The van der Waals surface area contributed by atoms with E-state index in [9.17, 15) is 10.1 Å². The van der Waals surface area contributed by atoms with Crippen molar-refractivity contribution in [3.05, 3.63) is 45.6 Å². The van der Waals surface area contributed by atoms with Gasteiger partial charge in [-0.3, -0.25) is 14.5 Å². The van der Waals surface area contributed by atoms with Gasteiger partial charge in [0.25, 0.3) is 0 Å². The van der Waals surface area contributed by atoms with Crippen molar-refractivity contribution in [2.24, 2.45) is 0 Å². The molecule has 0 spiro atoms. The first-order chi connectivity index (χ1) is 9.06. The van der Waals surface area contributed by atoms with E-state index in [2.05, 4.69) is 4.98 Å². The highest BCUT2D eigenvalue weighted by Crippen LogP contribution is 2.30. The molecule has 7 nitrogen and oxygen atoms in total. The van der Waals surface area contributed by atoms with Crippen LogP contribution in [0.3, 0.4) is 0 Å². The molecule has 0 aliphatic carbocycles. The number of rotatable bonds is 2. The molecule has 8 heteroatoms. The highest BCUT2D eigenvalue weighted by molar-refractivity contribution is 6.30. The number of nitrogens with zero attached hydrogens (tertiary/aromatic N) is 3. The molecule has 3 aromatic rings. The molecule has 0 bridgehead atoms. The van der Waals surface area contributed by atoms with Crippen LogP contribution in [0, 0.1) is 10.1 Å². The highest BCUT2D eigenvalue weighted by atomic mass is 35.5. The minimum absolute atomic E-state index is 0.240. The van der Waals surface area contributed by atoms with E-state index in [0.29, 0.717) is 22.2 Å². The normalized spacial score (nSPS) is 11.0. The topological polar surface area (TPSA) is 99.6 Å². The number of pyridine rings is 1. The van der Waals surface area contributed by atoms with E-state index < -0.39 is 4.92 Å². The van der Waals surface area contributed by atoms with Gasteiger partial charge in [-0.1, -0.05) is 11.6 Å². The second kappa shape index (κ2) is 3.99. The summed E-state index contributed by atoms with van der Waals surface area (Å²) in [6.45, 7) is 0. The summed E-state index contributed by atoms with van der Waals surface area (Å²) >= 11 is 5.87. The molecule has 0 radical (unpaired) electrons. The number of furan rings is 1. The van der Waals surface area contributed by atoms with Crippen molar-refractivity contribution in [1.82, 2.24) is 9.38 Å². The SMILES string of the molecule is Nc1c(-c2ccc([N+](=O)[O-])o2)nc2ccc(Cl)cn12. The Hall–Kier alpha value is -2.54. The van der Waals surface area contributed by atoms with Gasteiger partial charge in [-0.15, -0.1) is 0 Å². The second-order valence-electron chi connectivity index (χ2n) is 3.82. The zero-order chi connectivity index (χ0) is 13.6. The van der Waals surface area contributed by atoms with Crippen molar-refractivity contribution in [3.8, 4) is 11.5 Å². The number of nitrogens with two attached hydrogens (primary N) is 1. The molecule has 3 rings (SSSR count). The van der Waals surface area contributed by atoms with Crippen molar-refractivity contribution in [2.75, 3.05) is 5.73 Å². The molecule has 0 atom stereocenters. The molecule has 0 fully saturated rings. The first-order valence-corrected chi connectivity index (χ1v) is 5.62. The van der Waals surface area contributed by atoms with Crippen LogP contribution in [0.15, 0.2) is 34.9 Å². The van der Waals surface area contributed by atoms with Gasteiger partial charge < -0.3 is 10.2 Å². The van der Waals surface area contributed by atoms with Gasteiger partial charge in [-0.2, -0.15) is 0 Å². The van der Waals surface area contributed by atoms with Crippen molar-refractivity contribution in [3.63, 3.8) is 0 Å². The van der Waals surface area contributed by atoms with Crippen LogP contribution >= 0.6 is 11.6 Å². The van der Waals surface area contributed by atoms with E-state index in [-0.39, 0.29) is 11.6 Å². The number of imidazole rings is 1. The fourth-order valence-corrected chi connectivity index (χ4v) is 1.93. The lowest BCUT2D eigenvalue weighted by molar-refractivity contribution is -0.401. The minimum atomic E-state index is -0.619. The Kier molecular flexibility index (Phi) is 2.42. The summed E-state index contributed by atoms with van der Waals surface area (Å²) in [7, 11) is 0. The fraction of sp³-hybridized carbons (Fsp3) is 0. The molecular formula is C11H7ClN4O3. The highest BCUT2D eigenvalue weighted by Gasteiger charge is 2.18. The van der Waals surface area contributed by atoms with Crippen LogP contribution in [-0.2, 0) is 0 Å². The Morgan fingerprint density at radius 1 is 1.37 bits per heavy atom. The third-order valence-electron chi connectivity index (χ3n) is 2.62. The van der Waals surface area contributed by atoms with Crippen molar-refractivity contribution in [2.45, 2.75) is 0 Å². The first kappa shape index (κ1) is 11.5. The van der Waals surface area contributed by atoms with Crippen LogP contribution in [0.1, 0.15) is 0 Å². The van der Waals surface area contributed by atoms with E-state index in [0.717, 1.165) is 0 Å². The molecule has 0 aromatic carbocycles. The molecule has 2 N–H and O–H groups in total. The third-order valence-corrected chi connectivity index (χ3v) is 2.85. The lowest BCUT2D eigenvalue weighted by atomic mass is 10.3. The van der Waals surface area contributed by atoms with Crippen LogP contribution in [0.4, 0.5) is 11.7 Å². The van der Waals surface area contributed by atoms with Crippen molar-refractivity contribution < 1.29 is 9.34 Å². The third kappa shape index (κ3) is 1.80. The monoisotopic (exact) mass is 278 g/mol. The summed E-state index contributed by atoms with van der Waals surface area (Å²) in [5.74, 6) is 0.190. The van der Waals surface area contributed by atoms with Gasteiger partial charge in [-0.05, 0) is 18.2 Å². The van der Waals surface area contributed by atoms with Gasteiger partial charge in [0.1, 0.15) is 22.1 Å². The lowest BCUT2D eigenvalue weighted by Crippen LogP contribution is -1.93. The molecular weight excluding hydrogens is 272 g/mol. The molecule has 0 amide bonds. The number of fused-ring (bicyclic) bond motifs is 1. The van der Waals surface area contributed by atoms with Gasteiger partial charge in [0.2, 0.25) is 0 Å². The standard InChI is InChI=1S/C11H7ClN4O3/c12-6-1-3-8-14-10(11(13)15(8)5-6)7-2-4-9(19-7)16(17)18/h1-5H,13H2. The first-order valence-electron chi connectivity index (χ1n) is 5.24. The maximum Gasteiger partial charge on any atom is 0.433 e. The Morgan fingerprint density at radius 3 is 2.84 bits per heavy atom. The van der Waals surface area contributed by atoms with Crippen molar-refractivity contribution >= 4 is 29.0 Å². The second-order valence-corrected chi connectivity index (χ2v) is 4.25. The number of nitro groups is 1. The lowest BCUT2D eigenvalue weighted by Gasteiger charge is -1.96. The zero-order valence-electron chi connectivity index (χ0n) is 9.41. The number of nitrogen functional groups attached to an aromatic ring is 1. The molecule has 0 saturated heterocycles. The number of hydrogen-bond donors (Lipinski definition) is 1. The van der Waals surface area contributed by atoms with Crippen LogP contribution < -0.4 is 5.73 Å². The zero-order valence-corrected chi connectivity index (χ0v) is 10.2. The fourth-order valence-electron chi connectivity index (χ4n) is 1.77. The predicted octanol–water partition coefficient (Wildman–Crippen LogP) is 2.74. The van der Waals surface area contributed by atoms with E-state index in [1.165, 1.54) is 12.1 Å². The summed E-state index contributed by atoms with van der Waals surface area (Å²) in [4.78, 5) is 14.2. The Labute approximate surface area is 111 Å². The van der Waals surface area contributed by atoms with Gasteiger partial charge in [-0.25, -0.2) is 4.98 Å². The molecule has 19 heavy (non-hydrogen) atoms. The smallest absolute Gasteiger partial charge is 0.399 e. The molecule has 0 saturated carbocycles. The average Bonchev–Trinajstić information content (AvgIpc) is 2.95. The molecule has 96 valence electrons. The largest absolute Gasteiger partial charge is 0.433 e. The summed E-state index contributed by atoms with van der Waals surface area (Å²) in [6, 6.07) is 6.08. The number of halogens is 1. The molecule has 0 aliphatic heterocycles. The molecule has 3 aromatic heterocycles. The maximum absolute atomic E-state index is 10.6. The Balaban J connectivity index is 2.19. The van der Waals surface area contributed by atoms with E-state index in [4.69, 9.17) is 21.8 Å². The van der Waals surface area contributed by atoms with Crippen LogP contribution in [0.5, 0.6) is 0 Å². The van der Waals surface area contributed by atoms with E-state index in [1.807, 2.05) is 0 Å². The molecule has 0 aliphatic rings. The van der Waals surface area contributed by atoms with E-state index in [1.54, 1.807) is 22.7 Å².